The van der Waals surface area contributed by atoms with E-state index in [4.69, 9.17) is 0 Å². The number of carboxylic acids is 1. The van der Waals surface area contributed by atoms with E-state index >= 15 is 0 Å². The van der Waals surface area contributed by atoms with Gasteiger partial charge >= 0.3 is 5.97 Å². The second kappa shape index (κ2) is 5.42. The van der Waals surface area contributed by atoms with E-state index in [9.17, 15) is 14.7 Å². The molecule has 1 saturated carbocycles. The molecule has 6 nitrogen and oxygen atoms in total. The number of aromatic nitrogens is 2. The average molecular weight is 265 g/mol. The zero-order valence-electron chi connectivity index (χ0n) is 11.0. The zero-order chi connectivity index (χ0) is 13.9. The van der Waals surface area contributed by atoms with Gasteiger partial charge in [-0.2, -0.15) is 5.10 Å². The number of carboxylic acid groups (broad SMARTS) is 1. The summed E-state index contributed by atoms with van der Waals surface area (Å²) < 4.78 is 1.52. The molecule has 1 amide bonds. The van der Waals surface area contributed by atoms with E-state index in [0.717, 1.165) is 12.8 Å². The van der Waals surface area contributed by atoms with E-state index in [1.165, 1.54) is 4.68 Å². The van der Waals surface area contributed by atoms with Gasteiger partial charge in [0.2, 0.25) is 5.91 Å². The fraction of sp³-hybridized carbons (Fsp3) is 0.615. The quantitative estimate of drug-likeness (QED) is 0.851. The number of aliphatic carboxylic acids is 1. The van der Waals surface area contributed by atoms with E-state index in [1.807, 2.05) is 0 Å². The lowest BCUT2D eigenvalue weighted by Crippen LogP contribution is -2.52. The van der Waals surface area contributed by atoms with E-state index in [0.29, 0.717) is 12.8 Å². The van der Waals surface area contributed by atoms with Crippen molar-refractivity contribution in [3.63, 3.8) is 0 Å². The van der Waals surface area contributed by atoms with Crippen molar-refractivity contribution < 1.29 is 14.7 Å². The summed E-state index contributed by atoms with van der Waals surface area (Å²) in [4.78, 5) is 23.3. The van der Waals surface area contributed by atoms with Crippen molar-refractivity contribution in [2.24, 2.45) is 5.41 Å². The number of nitrogens with zero attached hydrogens (tertiary/aromatic N) is 2. The highest BCUT2D eigenvalue weighted by molar-refractivity contribution is 5.79. The van der Waals surface area contributed by atoms with Gasteiger partial charge < -0.3 is 10.4 Å². The minimum Gasteiger partial charge on any atom is -0.481 e. The number of nitrogens with one attached hydrogen (secondary N) is 1. The molecule has 104 valence electrons. The third-order valence-electron chi connectivity index (χ3n) is 3.90. The highest BCUT2D eigenvalue weighted by Crippen LogP contribution is 2.36. The highest BCUT2D eigenvalue weighted by Gasteiger charge is 2.43. The average Bonchev–Trinajstić information content (AvgIpc) is 2.84. The Labute approximate surface area is 111 Å². The summed E-state index contributed by atoms with van der Waals surface area (Å²) in [6, 6.07) is 1.44. The second-order valence-corrected chi connectivity index (χ2v) is 5.29. The van der Waals surface area contributed by atoms with Crippen LogP contribution in [0.1, 0.15) is 32.6 Å². The van der Waals surface area contributed by atoms with Crippen LogP contribution in [0.4, 0.5) is 0 Å². The van der Waals surface area contributed by atoms with E-state index < -0.39 is 11.4 Å². The van der Waals surface area contributed by atoms with Gasteiger partial charge in [-0.15, -0.1) is 0 Å². The van der Waals surface area contributed by atoms with Crippen molar-refractivity contribution in [1.82, 2.24) is 15.1 Å². The maximum Gasteiger partial charge on any atom is 0.311 e. The van der Waals surface area contributed by atoms with Crippen molar-refractivity contribution in [1.29, 1.82) is 0 Å². The molecule has 1 aliphatic rings. The first-order valence-corrected chi connectivity index (χ1v) is 6.52. The van der Waals surface area contributed by atoms with Crippen LogP contribution in [0, 0.1) is 5.41 Å². The Balaban J connectivity index is 1.99. The number of hydrogen-bond donors (Lipinski definition) is 2. The maximum atomic E-state index is 11.9. The molecule has 19 heavy (non-hydrogen) atoms. The van der Waals surface area contributed by atoms with Crippen molar-refractivity contribution in [3.8, 4) is 0 Å². The fourth-order valence-corrected chi connectivity index (χ4v) is 2.60. The molecule has 0 bridgehead atoms. The van der Waals surface area contributed by atoms with Gasteiger partial charge in [0.05, 0.1) is 5.41 Å². The zero-order valence-corrected chi connectivity index (χ0v) is 11.0. The molecule has 0 aliphatic heterocycles. The summed E-state index contributed by atoms with van der Waals surface area (Å²) in [6.07, 6.45) is 6.48. The lowest BCUT2D eigenvalue weighted by atomic mass is 9.71. The first-order valence-electron chi connectivity index (χ1n) is 6.52. The number of amides is 1. The van der Waals surface area contributed by atoms with Gasteiger partial charge in [-0.05, 0) is 25.8 Å². The van der Waals surface area contributed by atoms with Crippen LogP contribution in [0.3, 0.4) is 0 Å². The van der Waals surface area contributed by atoms with Crippen LogP contribution in [-0.2, 0) is 16.1 Å². The first-order chi connectivity index (χ1) is 9.02. The molecular weight excluding hydrogens is 246 g/mol. The van der Waals surface area contributed by atoms with Gasteiger partial charge in [0.1, 0.15) is 6.54 Å². The monoisotopic (exact) mass is 265 g/mol. The normalized spacial score (nSPS) is 26.9. The van der Waals surface area contributed by atoms with E-state index in [2.05, 4.69) is 10.4 Å². The summed E-state index contributed by atoms with van der Waals surface area (Å²) >= 11 is 0. The Morgan fingerprint density at radius 3 is 2.95 bits per heavy atom. The molecule has 1 aromatic heterocycles. The summed E-state index contributed by atoms with van der Waals surface area (Å²) in [7, 11) is 0. The summed E-state index contributed by atoms with van der Waals surface area (Å²) in [5.74, 6) is -1.03. The topological polar surface area (TPSA) is 84.2 Å². The largest absolute Gasteiger partial charge is 0.481 e. The van der Waals surface area contributed by atoms with Crippen molar-refractivity contribution >= 4 is 11.9 Å². The van der Waals surface area contributed by atoms with Crippen LogP contribution in [0.2, 0.25) is 0 Å². The molecule has 2 N–H and O–H groups in total. The Morgan fingerprint density at radius 1 is 1.53 bits per heavy atom. The lowest BCUT2D eigenvalue weighted by molar-refractivity contribution is -0.152. The standard InChI is InChI=1S/C13H19N3O3/c1-13(12(18)19)6-3-2-5-10(13)15-11(17)9-16-8-4-7-14-16/h4,7-8,10H,2-3,5-6,9H2,1H3,(H,15,17)(H,18,19). The minimum absolute atomic E-state index is 0.124. The number of carbonyl (C=O) groups is 2. The molecule has 6 heteroatoms. The molecular formula is C13H19N3O3. The third-order valence-corrected chi connectivity index (χ3v) is 3.90. The molecule has 2 rings (SSSR count). The second-order valence-electron chi connectivity index (χ2n) is 5.29. The molecule has 1 fully saturated rings. The van der Waals surface area contributed by atoms with E-state index in [-0.39, 0.29) is 18.5 Å². The predicted molar refractivity (Wildman–Crippen MR) is 68.4 cm³/mol. The molecule has 2 atom stereocenters. The fourth-order valence-electron chi connectivity index (χ4n) is 2.60. The highest BCUT2D eigenvalue weighted by atomic mass is 16.4. The van der Waals surface area contributed by atoms with Crippen LogP contribution in [0.25, 0.3) is 0 Å². The van der Waals surface area contributed by atoms with Crippen molar-refractivity contribution in [2.45, 2.75) is 45.2 Å². The van der Waals surface area contributed by atoms with E-state index in [1.54, 1.807) is 25.4 Å². The van der Waals surface area contributed by atoms with Crippen molar-refractivity contribution in [2.75, 3.05) is 0 Å². The SMILES string of the molecule is CC1(C(=O)O)CCCCC1NC(=O)Cn1cccn1. The Bertz CT molecular complexity index is 458. The molecule has 0 radical (unpaired) electrons. The lowest BCUT2D eigenvalue weighted by Gasteiger charge is -2.38. The maximum absolute atomic E-state index is 11.9. The van der Waals surface area contributed by atoms with Gasteiger partial charge in [0.15, 0.2) is 0 Å². The summed E-state index contributed by atoms with van der Waals surface area (Å²) in [5.41, 5.74) is -0.863. The van der Waals surface area contributed by atoms with Gasteiger partial charge in [0, 0.05) is 18.4 Å². The Hall–Kier alpha value is -1.85. The van der Waals surface area contributed by atoms with Gasteiger partial charge in [-0.1, -0.05) is 12.8 Å². The Kier molecular flexibility index (Phi) is 3.87. The molecule has 0 spiro atoms. The number of rotatable bonds is 4. The summed E-state index contributed by atoms with van der Waals surface area (Å²) in [5, 5.41) is 16.2. The number of hydrogen-bond acceptors (Lipinski definition) is 3. The van der Waals surface area contributed by atoms with Gasteiger partial charge in [0.25, 0.3) is 0 Å². The predicted octanol–water partition coefficient (Wildman–Crippen LogP) is 1.03. The minimum atomic E-state index is -0.863. The van der Waals surface area contributed by atoms with Crippen molar-refractivity contribution in [3.05, 3.63) is 18.5 Å². The molecule has 2 unspecified atom stereocenters. The Morgan fingerprint density at radius 2 is 2.32 bits per heavy atom. The van der Waals surface area contributed by atoms with Gasteiger partial charge in [-0.3, -0.25) is 14.3 Å². The molecule has 0 aromatic carbocycles. The van der Waals surface area contributed by atoms with Crippen LogP contribution in [0.5, 0.6) is 0 Å². The first kappa shape index (κ1) is 13.6. The molecule has 1 heterocycles. The smallest absolute Gasteiger partial charge is 0.311 e. The number of carbonyl (C=O) groups excluding carboxylic acids is 1. The van der Waals surface area contributed by atoms with Crippen LogP contribution in [-0.4, -0.2) is 32.8 Å². The van der Waals surface area contributed by atoms with Gasteiger partial charge in [-0.25, -0.2) is 0 Å². The van der Waals surface area contributed by atoms with Crippen LogP contribution < -0.4 is 5.32 Å². The molecule has 0 saturated heterocycles. The summed E-state index contributed by atoms with van der Waals surface area (Å²) in [6.45, 7) is 1.84. The van der Waals surface area contributed by atoms with Crippen LogP contribution >= 0.6 is 0 Å². The third kappa shape index (κ3) is 2.94. The van der Waals surface area contributed by atoms with Crippen LogP contribution in [0.15, 0.2) is 18.5 Å². The molecule has 1 aliphatic carbocycles. The molecule has 1 aromatic rings.